The Hall–Kier alpha value is -3.54. The molecule has 0 spiro atoms. The first kappa shape index (κ1) is 18.8. The van der Waals surface area contributed by atoms with E-state index in [1.807, 2.05) is 48.5 Å². The number of methoxy groups -OCH3 is 2. The second-order valence-electron chi connectivity index (χ2n) is 6.73. The third kappa shape index (κ3) is 3.27. The Morgan fingerprint density at radius 1 is 0.966 bits per heavy atom. The van der Waals surface area contributed by atoms with Gasteiger partial charge in [0.2, 0.25) is 0 Å². The van der Waals surface area contributed by atoms with Crippen molar-refractivity contribution >= 4 is 6.02 Å². The zero-order valence-corrected chi connectivity index (χ0v) is 16.2. The number of benzene rings is 3. The largest absolute Gasteiger partial charge is 0.497 e. The van der Waals surface area contributed by atoms with E-state index in [0.717, 1.165) is 16.9 Å². The number of ether oxygens (including phenoxy) is 3. The van der Waals surface area contributed by atoms with Gasteiger partial charge in [-0.1, -0.05) is 42.5 Å². The molecule has 148 valence electrons. The monoisotopic (exact) mass is 392 g/mol. The van der Waals surface area contributed by atoms with Crippen LogP contribution in [-0.2, 0) is 10.3 Å². The van der Waals surface area contributed by atoms with E-state index >= 15 is 0 Å². The Labute approximate surface area is 168 Å². The van der Waals surface area contributed by atoms with Gasteiger partial charge in [-0.25, -0.2) is 9.38 Å². The highest BCUT2D eigenvalue weighted by molar-refractivity contribution is 5.76. The lowest BCUT2D eigenvalue weighted by Crippen LogP contribution is -2.27. The van der Waals surface area contributed by atoms with Crippen LogP contribution in [0.15, 0.2) is 71.7 Å². The molecule has 1 atom stereocenters. The molecule has 0 bridgehead atoms. The number of nitrogens with two attached hydrogens (primary N) is 1. The summed E-state index contributed by atoms with van der Waals surface area (Å²) in [5, 5.41) is 0. The van der Waals surface area contributed by atoms with Crippen LogP contribution in [-0.4, -0.2) is 26.8 Å². The fourth-order valence-corrected chi connectivity index (χ4v) is 3.60. The van der Waals surface area contributed by atoms with E-state index < -0.39 is 11.4 Å². The minimum absolute atomic E-state index is 0.124. The van der Waals surface area contributed by atoms with Crippen molar-refractivity contribution in [2.45, 2.75) is 5.54 Å². The first-order chi connectivity index (χ1) is 14.1. The summed E-state index contributed by atoms with van der Waals surface area (Å²) in [4.78, 5) is 4.62. The second-order valence-corrected chi connectivity index (χ2v) is 6.73. The van der Waals surface area contributed by atoms with Gasteiger partial charge in [-0.2, -0.15) is 0 Å². The van der Waals surface area contributed by atoms with Gasteiger partial charge in [-0.3, -0.25) is 0 Å². The maximum Gasteiger partial charge on any atom is 0.283 e. The van der Waals surface area contributed by atoms with Crippen LogP contribution in [0.5, 0.6) is 11.5 Å². The topological polar surface area (TPSA) is 66.1 Å². The lowest BCUT2D eigenvalue weighted by Gasteiger charge is -2.26. The smallest absolute Gasteiger partial charge is 0.283 e. The summed E-state index contributed by atoms with van der Waals surface area (Å²) in [5.74, 6) is 0.535. The van der Waals surface area contributed by atoms with Gasteiger partial charge >= 0.3 is 0 Å². The molecule has 1 aliphatic rings. The summed E-state index contributed by atoms with van der Waals surface area (Å²) in [6, 6.07) is 20.4. The number of nitrogens with zero attached hydrogens (tertiary/aromatic N) is 1. The highest BCUT2D eigenvalue weighted by Crippen LogP contribution is 2.40. The van der Waals surface area contributed by atoms with Gasteiger partial charge in [0.05, 0.1) is 14.2 Å². The van der Waals surface area contributed by atoms with E-state index in [1.165, 1.54) is 7.11 Å². The third-order valence-corrected chi connectivity index (χ3v) is 5.13. The average Bonchev–Trinajstić information content (AvgIpc) is 3.17. The zero-order chi connectivity index (χ0) is 20.4. The molecule has 5 nitrogen and oxygen atoms in total. The molecule has 29 heavy (non-hydrogen) atoms. The van der Waals surface area contributed by atoms with Crippen LogP contribution in [0.4, 0.5) is 4.39 Å². The van der Waals surface area contributed by atoms with Crippen molar-refractivity contribution in [1.82, 2.24) is 0 Å². The minimum Gasteiger partial charge on any atom is -0.497 e. The summed E-state index contributed by atoms with van der Waals surface area (Å²) in [5.41, 5.74) is 7.98. The first-order valence-corrected chi connectivity index (χ1v) is 9.13. The van der Waals surface area contributed by atoms with Crippen molar-refractivity contribution < 1.29 is 18.6 Å². The van der Waals surface area contributed by atoms with E-state index in [2.05, 4.69) is 4.99 Å². The fraction of sp³-hybridized carbons (Fsp3) is 0.174. The summed E-state index contributed by atoms with van der Waals surface area (Å²) in [6.45, 7) is 0.259. The molecule has 0 saturated heterocycles. The van der Waals surface area contributed by atoms with E-state index in [4.69, 9.17) is 19.9 Å². The zero-order valence-electron chi connectivity index (χ0n) is 16.2. The van der Waals surface area contributed by atoms with Crippen molar-refractivity contribution in [2.75, 3.05) is 20.8 Å². The molecule has 0 amide bonds. The van der Waals surface area contributed by atoms with Crippen LogP contribution in [0.25, 0.3) is 11.1 Å². The Morgan fingerprint density at radius 2 is 1.72 bits per heavy atom. The molecule has 0 radical (unpaired) electrons. The van der Waals surface area contributed by atoms with Gasteiger partial charge in [0.1, 0.15) is 12.4 Å². The number of halogens is 1. The quantitative estimate of drug-likeness (QED) is 0.710. The van der Waals surface area contributed by atoms with Gasteiger partial charge in [-0.05, 0) is 41.0 Å². The summed E-state index contributed by atoms with van der Waals surface area (Å²) in [7, 11) is 3.07. The standard InChI is InChI=1S/C23H21FN2O3/c1-27-18-11-9-16(10-12-18)23(14-29-22(25)26-23)17-6-3-5-15(13-17)19-7-4-8-20(28-2)21(19)24/h3-13H,14H2,1-2H3,(H2,25,26). The van der Waals surface area contributed by atoms with Crippen LogP contribution in [0.1, 0.15) is 11.1 Å². The molecule has 2 N–H and O–H groups in total. The van der Waals surface area contributed by atoms with Crippen molar-refractivity contribution in [3.05, 3.63) is 83.7 Å². The lowest BCUT2D eigenvalue weighted by molar-refractivity contribution is 0.278. The molecule has 0 fully saturated rings. The van der Waals surface area contributed by atoms with E-state index in [9.17, 15) is 4.39 Å². The van der Waals surface area contributed by atoms with Gasteiger partial charge < -0.3 is 19.9 Å². The Bertz CT molecular complexity index is 1070. The summed E-state index contributed by atoms with van der Waals surface area (Å²) in [6.07, 6.45) is 0. The number of hydrogen-bond acceptors (Lipinski definition) is 5. The van der Waals surface area contributed by atoms with Crippen molar-refractivity contribution in [3.8, 4) is 22.6 Å². The predicted molar refractivity (Wildman–Crippen MR) is 110 cm³/mol. The van der Waals surface area contributed by atoms with Crippen molar-refractivity contribution in [3.63, 3.8) is 0 Å². The average molecular weight is 392 g/mol. The normalized spacial score (nSPS) is 18.1. The molecule has 1 heterocycles. The van der Waals surface area contributed by atoms with Crippen molar-refractivity contribution in [2.24, 2.45) is 10.7 Å². The SMILES string of the molecule is COc1ccc(C2(c3cccc(-c4cccc(OC)c4F)c3)COC(N)=N2)cc1. The molecule has 1 unspecified atom stereocenters. The summed E-state index contributed by atoms with van der Waals surface area (Å²) >= 11 is 0. The highest BCUT2D eigenvalue weighted by atomic mass is 19.1. The van der Waals surface area contributed by atoms with Crippen LogP contribution in [0.2, 0.25) is 0 Å². The van der Waals surface area contributed by atoms with E-state index in [0.29, 0.717) is 11.1 Å². The van der Waals surface area contributed by atoms with Gasteiger partial charge in [0.15, 0.2) is 17.1 Å². The maximum atomic E-state index is 14.8. The third-order valence-electron chi connectivity index (χ3n) is 5.13. The van der Waals surface area contributed by atoms with Gasteiger partial charge in [-0.15, -0.1) is 0 Å². The molecule has 3 aromatic carbocycles. The Kier molecular flexibility index (Phi) is 4.84. The molecule has 0 aliphatic carbocycles. The molecular weight excluding hydrogens is 371 g/mol. The van der Waals surface area contributed by atoms with E-state index in [1.54, 1.807) is 25.3 Å². The minimum atomic E-state index is -0.818. The van der Waals surface area contributed by atoms with Crippen LogP contribution < -0.4 is 15.2 Å². The Balaban J connectivity index is 1.84. The second kappa shape index (κ2) is 7.47. The molecule has 6 heteroatoms. The van der Waals surface area contributed by atoms with Crippen LogP contribution in [0, 0.1) is 5.82 Å². The number of amidine groups is 1. The number of rotatable bonds is 5. The molecule has 3 aromatic rings. The van der Waals surface area contributed by atoms with Gasteiger partial charge in [0, 0.05) is 5.56 Å². The molecular formula is C23H21FN2O3. The highest BCUT2D eigenvalue weighted by Gasteiger charge is 2.40. The molecule has 4 rings (SSSR count). The van der Waals surface area contributed by atoms with Crippen molar-refractivity contribution in [1.29, 1.82) is 0 Å². The maximum absolute atomic E-state index is 14.8. The molecule has 0 aromatic heterocycles. The predicted octanol–water partition coefficient (Wildman–Crippen LogP) is 4.10. The number of aliphatic imine (C=N–C) groups is 1. The summed E-state index contributed by atoms with van der Waals surface area (Å²) < 4.78 is 30.7. The molecule has 1 aliphatic heterocycles. The lowest BCUT2D eigenvalue weighted by atomic mass is 9.83. The Morgan fingerprint density at radius 3 is 2.38 bits per heavy atom. The van der Waals surface area contributed by atoms with E-state index in [-0.39, 0.29) is 18.4 Å². The molecule has 0 saturated carbocycles. The van der Waals surface area contributed by atoms with Gasteiger partial charge in [0.25, 0.3) is 6.02 Å². The van der Waals surface area contributed by atoms with Crippen LogP contribution >= 0.6 is 0 Å². The fourth-order valence-electron chi connectivity index (χ4n) is 3.60. The van der Waals surface area contributed by atoms with Crippen LogP contribution in [0.3, 0.4) is 0 Å². The number of hydrogen-bond donors (Lipinski definition) is 1. The first-order valence-electron chi connectivity index (χ1n) is 9.13.